The summed E-state index contributed by atoms with van der Waals surface area (Å²) in [5, 5.41) is 15.7. The van der Waals surface area contributed by atoms with Crippen molar-refractivity contribution in [3.8, 4) is 6.07 Å². The zero-order chi connectivity index (χ0) is 18.1. The van der Waals surface area contributed by atoms with Gasteiger partial charge in [0.1, 0.15) is 0 Å². The van der Waals surface area contributed by atoms with Crippen LogP contribution < -0.4 is 10.6 Å². The van der Waals surface area contributed by atoms with Crippen LogP contribution in [0.1, 0.15) is 51.2 Å². The lowest BCUT2D eigenvalue weighted by Crippen LogP contribution is -2.54. The quantitative estimate of drug-likeness (QED) is 0.381. The van der Waals surface area contributed by atoms with E-state index in [4.69, 9.17) is 5.26 Å². The number of benzene rings is 1. The van der Waals surface area contributed by atoms with Crippen molar-refractivity contribution in [3.63, 3.8) is 0 Å². The third kappa shape index (κ3) is 7.12. The number of hydrogen-bond acceptors (Lipinski definition) is 3. The summed E-state index contributed by atoms with van der Waals surface area (Å²) in [7, 11) is 0. The molecule has 2 N–H and O–H groups in total. The third-order valence-electron chi connectivity index (χ3n) is 4.75. The average Bonchev–Trinajstić information content (AvgIpc) is 2.65. The van der Waals surface area contributed by atoms with Crippen LogP contribution in [0.3, 0.4) is 0 Å². The van der Waals surface area contributed by atoms with Crippen molar-refractivity contribution in [2.24, 2.45) is 4.99 Å². The molecule has 1 aliphatic heterocycles. The van der Waals surface area contributed by atoms with Gasteiger partial charge in [-0.1, -0.05) is 18.6 Å². The zero-order valence-corrected chi connectivity index (χ0v) is 18.5. The topological polar surface area (TPSA) is 63.5 Å². The van der Waals surface area contributed by atoms with Gasteiger partial charge < -0.3 is 10.6 Å². The van der Waals surface area contributed by atoms with E-state index < -0.39 is 0 Å². The first-order valence-electron chi connectivity index (χ1n) is 9.31. The molecule has 26 heavy (non-hydrogen) atoms. The largest absolute Gasteiger partial charge is 0.357 e. The number of piperidine rings is 1. The fourth-order valence-corrected chi connectivity index (χ4v) is 3.11. The van der Waals surface area contributed by atoms with Gasteiger partial charge in [0.05, 0.1) is 18.2 Å². The molecule has 1 aliphatic rings. The average molecular weight is 469 g/mol. The maximum Gasteiger partial charge on any atom is 0.191 e. The standard InChI is InChI=1S/C20H31N5.HI/c1-4-22-19(23-15-18-10-8-17(14-21)9-11-18)24-16-20(2,3)25-12-6-5-7-13-25;/h8-11H,4-7,12-13,15-16H2,1-3H3,(H2,22,23,24);1H. The highest BCUT2D eigenvalue weighted by atomic mass is 127. The molecule has 6 heteroatoms. The number of nitrogens with one attached hydrogen (secondary N) is 2. The molecule has 1 saturated heterocycles. The maximum atomic E-state index is 8.87. The van der Waals surface area contributed by atoms with E-state index in [9.17, 15) is 0 Å². The van der Waals surface area contributed by atoms with E-state index in [0.29, 0.717) is 12.1 Å². The molecule has 0 spiro atoms. The lowest BCUT2D eigenvalue weighted by atomic mass is 9.98. The summed E-state index contributed by atoms with van der Waals surface area (Å²) in [6.45, 7) is 11.4. The summed E-state index contributed by atoms with van der Waals surface area (Å²) in [5.41, 5.74) is 1.90. The van der Waals surface area contributed by atoms with E-state index in [1.54, 1.807) is 0 Å². The second-order valence-electron chi connectivity index (χ2n) is 7.22. The Morgan fingerprint density at radius 2 is 1.81 bits per heavy atom. The van der Waals surface area contributed by atoms with E-state index in [0.717, 1.165) is 24.6 Å². The van der Waals surface area contributed by atoms with Gasteiger partial charge in [-0.15, -0.1) is 24.0 Å². The van der Waals surface area contributed by atoms with Gasteiger partial charge in [-0.3, -0.25) is 4.90 Å². The van der Waals surface area contributed by atoms with Crippen LogP contribution in [0.2, 0.25) is 0 Å². The summed E-state index contributed by atoms with van der Waals surface area (Å²) in [6.07, 6.45) is 3.96. The highest BCUT2D eigenvalue weighted by Gasteiger charge is 2.27. The fourth-order valence-electron chi connectivity index (χ4n) is 3.11. The molecule has 0 atom stereocenters. The molecule has 1 heterocycles. The van der Waals surface area contributed by atoms with Gasteiger partial charge in [-0.2, -0.15) is 5.26 Å². The molecule has 0 aromatic heterocycles. The molecule has 1 fully saturated rings. The molecule has 1 aromatic carbocycles. The number of guanidine groups is 1. The molecule has 0 saturated carbocycles. The van der Waals surface area contributed by atoms with Crippen molar-refractivity contribution in [3.05, 3.63) is 35.4 Å². The molecule has 0 amide bonds. The van der Waals surface area contributed by atoms with E-state index in [1.807, 2.05) is 24.3 Å². The predicted octanol–water partition coefficient (Wildman–Crippen LogP) is 3.50. The van der Waals surface area contributed by atoms with Crippen molar-refractivity contribution >= 4 is 29.9 Å². The van der Waals surface area contributed by atoms with E-state index >= 15 is 0 Å². The molecule has 0 bridgehead atoms. The number of hydrogen-bond donors (Lipinski definition) is 2. The summed E-state index contributed by atoms with van der Waals surface area (Å²) in [6, 6.07) is 9.74. The van der Waals surface area contributed by atoms with E-state index in [2.05, 4.69) is 47.4 Å². The third-order valence-corrected chi connectivity index (χ3v) is 4.75. The monoisotopic (exact) mass is 469 g/mol. The van der Waals surface area contributed by atoms with E-state index in [-0.39, 0.29) is 29.5 Å². The van der Waals surface area contributed by atoms with Crippen LogP contribution in [0.4, 0.5) is 0 Å². The predicted molar refractivity (Wildman–Crippen MR) is 119 cm³/mol. The number of likely N-dealkylation sites (tertiary alicyclic amines) is 1. The second-order valence-corrected chi connectivity index (χ2v) is 7.22. The molecule has 5 nitrogen and oxygen atoms in total. The molecule has 0 unspecified atom stereocenters. The number of nitrogens with zero attached hydrogens (tertiary/aromatic N) is 3. The van der Waals surface area contributed by atoms with Crippen LogP contribution in [0.25, 0.3) is 0 Å². The van der Waals surface area contributed by atoms with Gasteiger partial charge in [0.25, 0.3) is 0 Å². The van der Waals surface area contributed by atoms with Crippen LogP contribution in [-0.2, 0) is 6.54 Å². The van der Waals surface area contributed by atoms with Crippen molar-refractivity contribution in [2.45, 2.75) is 52.1 Å². The maximum absolute atomic E-state index is 8.87. The highest BCUT2D eigenvalue weighted by Crippen LogP contribution is 2.19. The van der Waals surface area contributed by atoms with Crippen LogP contribution in [0, 0.1) is 11.3 Å². The fraction of sp³-hybridized carbons (Fsp3) is 0.600. The van der Waals surface area contributed by atoms with Crippen molar-refractivity contribution in [2.75, 3.05) is 26.2 Å². The minimum Gasteiger partial charge on any atom is -0.357 e. The van der Waals surface area contributed by atoms with Crippen molar-refractivity contribution < 1.29 is 0 Å². The number of aliphatic imine (C=N–C) groups is 1. The summed E-state index contributed by atoms with van der Waals surface area (Å²) < 4.78 is 0. The van der Waals surface area contributed by atoms with E-state index in [1.165, 1.54) is 32.4 Å². The SMILES string of the molecule is CCNC(=NCc1ccc(C#N)cc1)NCC(C)(C)N1CCCCC1.I. The number of halogens is 1. The van der Waals surface area contributed by atoms with Gasteiger partial charge in [0, 0.05) is 18.6 Å². The first-order valence-corrected chi connectivity index (χ1v) is 9.31. The smallest absolute Gasteiger partial charge is 0.191 e. The molecule has 144 valence electrons. The van der Waals surface area contributed by atoms with Crippen LogP contribution >= 0.6 is 24.0 Å². The zero-order valence-electron chi connectivity index (χ0n) is 16.2. The summed E-state index contributed by atoms with van der Waals surface area (Å²) >= 11 is 0. The minimum absolute atomic E-state index is 0. The lowest BCUT2D eigenvalue weighted by Gasteiger charge is -2.41. The Labute approximate surface area is 175 Å². The highest BCUT2D eigenvalue weighted by molar-refractivity contribution is 14.0. The minimum atomic E-state index is 0. The van der Waals surface area contributed by atoms with Gasteiger partial charge in [-0.25, -0.2) is 4.99 Å². The number of nitriles is 1. The second kappa shape index (κ2) is 11.4. The van der Waals surface area contributed by atoms with Crippen molar-refractivity contribution in [1.29, 1.82) is 5.26 Å². The normalized spacial score (nSPS) is 15.7. The number of rotatable bonds is 6. The molecular formula is C20H32IN5. The molecule has 0 aliphatic carbocycles. The van der Waals surface area contributed by atoms with Crippen LogP contribution in [0.5, 0.6) is 0 Å². The summed E-state index contributed by atoms with van der Waals surface area (Å²) in [4.78, 5) is 7.26. The molecule has 2 rings (SSSR count). The van der Waals surface area contributed by atoms with Gasteiger partial charge >= 0.3 is 0 Å². The van der Waals surface area contributed by atoms with Gasteiger partial charge in [0.15, 0.2) is 5.96 Å². The molecular weight excluding hydrogens is 437 g/mol. The Balaban J connectivity index is 0.00000338. The van der Waals surface area contributed by atoms with Gasteiger partial charge in [-0.05, 0) is 64.4 Å². The Hall–Kier alpha value is -1.33. The molecule has 0 radical (unpaired) electrons. The first-order chi connectivity index (χ1) is 12.0. The van der Waals surface area contributed by atoms with Crippen LogP contribution in [0.15, 0.2) is 29.3 Å². The Morgan fingerprint density at radius 3 is 2.38 bits per heavy atom. The first kappa shape index (κ1) is 22.7. The summed E-state index contributed by atoms with van der Waals surface area (Å²) in [5.74, 6) is 0.844. The Bertz CT molecular complexity index is 598. The lowest BCUT2D eigenvalue weighted by molar-refractivity contribution is 0.0982. The van der Waals surface area contributed by atoms with Gasteiger partial charge in [0.2, 0.25) is 0 Å². The van der Waals surface area contributed by atoms with Crippen molar-refractivity contribution in [1.82, 2.24) is 15.5 Å². The van der Waals surface area contributed by atoms with Crippen LogP contribution in [-0.4, -0.2) is 42.6 Å². The Morgan fingerprint density at radius 1 is 1.15 bits per heavy atom. The Kier molecular flexibility index (Phi) is 9.96. The molecule has 1 aromatic rings.